The fourth-order valence-corrected chi connectivity index (χ4v) is 3.07. The number of rotatable bonds is 4. The van der Waals surface area contributed by atoms with Crippen LogP contribution in [0.15, 0.2) is 42.5 Å². The van der Waals surface area contributed by atoms with E-state index in [1.807, 2.05) is 25.1 Å². The zero-order valence-electron chi connectivity index (χ0n) is 12.7. The maximum atomic E-state index is 12.4. The lowest BCUT2D eigenvalue weighted by molar-refractivity contribution is -0.131. The van der Waals surface area contributed by atoms with E-state index in [9.17, 15) is 9.59 Å². The van der Waals surface area contributed by atoms with Gasteiger partial charge in [0.15, 0.2) is 0 Å². The summed E-state index contributed by atoms with van der Waals surface area (Å²) < 4.78 is 0. The van der Waals surface area contributed by atoms with Crippen LogP contribution < -0.4 is 5.32 Å². The smallest absolute Gasteiger partial charge is 0.243 e. The van der Waals surface area contributed by atoms with E-state index in [1.165, 1.54) is 5.39 Å². The number of carbonyl (C=O) groups excluding carboxylic acids is 2. The molecule has 4 nitrogen and oxygen atoms in total. The van der Waals surface area contributed by atoms with Crippen LogP contribution in [0.2, 0.25) is 0 Å². The van der Waals surface area contributed by atoms with Gasteiger partial charge >= 0.3 is 0 Å². The molecule has 0 spiro atoms. The largest absolute Gasteiger partial charge is 0.348 e. The maximum Gasteiger partial charge on any atom is 0.243 e. The number of nitrogens with one attached hydrogen (secondary N) is 1. The van der Waals surface area contributed by atoms with Crippen molar-refractivity contribution >= 4 is 23.1 Å². The Hall–Kier alpha value is -2.36. The van der Waals surface area contributed by atoms with Crippen LogP contribution in [0.3, 0.4) is 0 Å². The molecule has 114 valence electrons. The molecule has 1 N–H and O–H groups in total. The van der Waals surface area contributed by atoms with E-state index in [0.29, 0.717) is 6.54 Å². The van der Waals surface area contributed by atoms with Gasteiger partial charge < -0.3 is 10.2 Å². The lowest BCUT2D eigenvalue weighted by Gasteiger charge is -2.22. The van der Waals surface area contributed by atoms with Crippen LogP contribution in [0.5, 0.6) is 0 Å². The van der Waals surface area contributed by atoms with Gasteiger partial charge in [0.1, 0.15) is 6.04 Å². The van der Waals surface area contributed by atoms with E-state index in [1.54, 1.807) is 4.90 Å². The zero-order chi connectivity index (χ0) is 15.5. The first-order valence-electron chi connectivity index (χ1n) is 7.69. The summed E-state index contributed by atoms with van der Waals surface area (Å²) in [6.45, 7) is 2.65. The van der Waals surface area contributed by atoms with Crippen molar-refractivity contribution in [3.63, 3.8) is 0 Å². The van der Waals surface area contributed by atoms with Crippen molar-refractivity contribution < 1.29 is 9.59 Å². The van der Waals surface area contributed by atoms with Crippen LogP contribution in [0, 0.1) is 0 Å². The number of carbonyl (C=O) groups is 2. The normalized spacial score (nSPS) is 19.1. The van der Waals surface area contributed by atoms with Crippen LogP contribution in [0.1, 0.15) is 31.4 Å². The Bertz CT molecular complexity index is 698. The molecule has 0 bridgehead atoms. The van der Waals surface area contributed by atoms with Gasteiger partial charge in [-0.25, -0.2) is 0 Å². The second-order valence-corrected chi connectivity index (χ2v) is 5.84. The Labute approximate surface area is 130 Å². The van der Waals surface area contributed by atoms with Gasteiger partial charge in [0.2, 0.25) is 12.3 Å². The quantitative estimate of drug-likeness (QED) is 0.882. The SMILES string of the molecule is C[C@@H](NC(=O)[C@@H]1CCCN1C=O)c1ccc2ccccc2c1. The van der Waals surface area contributed by atoms with Crippen LogP contribution in [0.25, 0.3) is 10.8 Å². The van der Waals surface area contributed by atoms with Crippen molar-refractivity contribution in [2.45, 2.75) is 31.8 Å². The Kier molecular flexibility index (Phi) is 4.09. The second kappa shape index (κ2) is 6.18. The third-order valence-corrected chi connectivity index (χ3v) is 4.36. The number of nitrogens with zero attached hydrogens (tertiary/aromatic N) is 1. The monoisotopic (exact) mass is 296 g/mol. The molecule has 0 unspecified atom stereocenters. The van der Waals surface area contributed by atoms with Gasteiger partial charge in [-0.1, -0.05) is 36.4 Å². The highest BCUT2D eigenvalue weighted by atomic mass is 16.2. The summed E-state index contributed by atoms with van der Waals surface area (Å²) >= 11 is 0. The van der Waals surface area contributed by atoms with Crippen molar-refractivity contribution in [1.82, 2.24) is 10.2 Å². The molecule has 1 aliphatic rings. The molecule has 0 aromatic heterocycles. The van der Waals surface area contributed by atoms with E-state index in [0.717, 1.165) is 30.2 Å². The highest BCUT2D eigenvalue weighted by Gasteiger charge is 2.30. The summed E-state index contributed by atoms with van der Waals surface area (Å²) in [5, 5.41) is 5.38. The van der Waals surface area contributed by atoms with Crippen molar-refractivity contribution in [2.24, 2.45) is 0 Å². The molecular weight excluding hydrogens is 276 g/mol. The van der Waals surface area contributed by atoms with Crippen LogP contribution in [-0.2, 0) is 9.59 Å². The van der Waals surface area contributed by atoms with E-state index in [-0.39, 0.29) is 18.0 Å². The van der Waals surface area contributed by atoms with E-state index < -0.39 is 0 Å². The number of hydrogen-bond acceptors (Lipinski definition) is 2. The minimum absolute atomic E-state index is 0.0646. The number of benzene rings is 2. The fraction of sp³-hybridized carbons (Fsp3) is 0.333. The van der Waals surface area contributed by atoms with Crippen molar-refractivity contribution in [2.75, 3.05) is 6.54 Å². The Balaban J connectivity index is 1.73. The molecule has 22 heavy (non-hydrogen) atoms. The van der Waals surface area contributed by atoms with Crippen molar-refractivity contribution in [3.05, 3.63) is 48.0 Å². The highest BCUT2D eigenvalue weighted by molar-refractivity contribution is 5.85. The predicted octanol–water partition coefficient (Wildman–Crippen LogP) is 2.64. The van der Waals surface area contributed by atoms with Gasteiger partial charge in [-0.3, -0.25) is 9.59 Å². The number of fused-ring (bicyclic) bond motifs is 1. The van der Waals surface area contributed by atoms with E-state index in [4.69, 9.17) is 0 Å². The summed E-state index contributed by atoms with van der Waals surface area (Å²) in [4.78, 5) is 24.9. The van der Waals surface area contributed by atoms with E-state index >= 15 is 0 Å². The molecule has 0 radical (unpaired) electrons. The molecule has 1 aliphatic heterocycles. The van der Waals surface area contributed by atoms with Crippen LogP contribution in [-0.4, -0.2) is 29.8 Å². The highest BCUT2D eigenvalue weighted by Crippen LogP contribution is 2.21. The average Bonchev–Trinajstić information content (AvgIpc) is 3.03. The van der Waals surface area contributed by atoms with Gasteiger partial charge in [-0.15, -0.1) is 0 Å². The minimum Gasteiger partial charge on any atom is -0.348 e. The van der Waals surface area contributed by atoms with Gasteiger partial charge in [-0.2, -0.15) is 0 Å². The summed E-state index contributed by atoms with van der Waals surface area (Å²) in [6.07, 6.45) is 2.41. The van der Waals surface area contributed by atoms with Crippen LogP contribution in [0.4, 0.5) is 0 Å². The third-order valence-electron chi connectivity index (χ3n) is 4.36. The summed E-state index contributed by atoms with van der Waals surface area (Å²) in [5.41, 5.74) is 1.07. The number of likely N-dealkylation sites (tertiary alicyclic amines) is 1. The molecule has 4 heteroatoms. The first-order valence-corrected chi connectivity index (χ1v) is 7.69. The molecule has 3 rings (SSSR count). The molecule has 2 aromatic carbocycles. The summed E-state index contributed by atoms with van der Waals surface area (Å²) in [5.74, 6) is -0.0646. The lowest BCUT2D eigenvalue weighted by atomic mass is 10.0. The first-order chi connectivity index (χ1) is 10.7. The molecule has 1 fully saturated rings. The molecular formula is C18H20N2O2. The molecule has 0 aliphatic carbocycles. The number of amides is 2. The van der Waals surface area contributed by atoms with Crippen molar-refractivity contribution in [3.8, 4) is 0 Å². The zero-order valence-corrected chi connectivity index (χ0v) is 12.7. The third kappa shape index (κ3) is 2.82. The van der Waals surface area contributed by atoms with Crippen LogP contribution >= 0.6 is 0 Å². The lowest BCUT2D eigenvalue weighted by Crippen LogP contribution is -2.43. The molecule has 2 atom stereocenters. The first kappa shape index (κ1) is 14.6. The van der Waals surface area contributed by atoms with Gasteiger partial charge in [0, 0.05) is 6.54 Å². The topological polar surface area (TPSA) is 49.4 Å². The van der Waals surface area contributed by atoms with Gasteiger partial charge in [0.05, 0.1) is 6.04 Å². The molecule has 1 heterocycles. The molecule has 0 saturated carbocycles. The molecule has 2 amide bonds. The van der Waals surface area contributed by atoms with E-state index in [2.05, 4.69) is 29.6 Å². The molecule has 2 aromatic rings. The predicted molar refractivity (Wildman–Crippen MR) is 86.3 cm³/mol. The summed E-state index contributed by atoms with van der Waals surface area (Å²) in [6, 6.07) is 14.0. The minimum atomic E-state index is -0.319. The maximum absolute atomic E-state index is 12.4. The summed E-state index contributed by atoms with van der Waals surface area (Å²) in [7, 11) is 0. The van der Waals surface area contributed by atoms with Crippen molar-refractivity contribution in [1.29, 1.82) is 0 Å². The Morgan fingerprint density at radius 1 is 1.27 bits per heavy atom. The molecule has 1 saturated heterocycles. The Morgan fingerprint density at radius 3 is 2.82 bits per heavy atom. The number of hydrogen-bond donors (Lipinski definition) is 1. The fourth-order valence-electron chi connectivity index (χ4n) is 3.07. The Morgan fingerprint density at radius 2 is 2.05 bits per heavy atom. The van der Waals surface area contributed by atoms with Gasteiger partial charge in [0.25, 0.3) is 0 Å². The van der Waals surface area contributed by atoms with Gasteiger partial charge in [-0.05, 0) is 42.2 Å². The average molecular weight is 296 g/mol. The standard InChI is InChI=1S/C18H20N2O2/c1-13(19-18(22)17-7-4-10-20(17)12-21)15-9-8-14-5-2-3-6-16(14)11-15/h2-3,5-6,8-9,11-13,17H,4,7,10H2,1H3,(H,19,22)/t13-,17+/m1/s1. The second-order valence-electron chi connectivity index (χ2n) is 5.84.